The summed E-state index contributed by atoms with van der Waals surface area (Å²) in [6, 6.07) is 7.13. The van der Waals surface area contributed by atoms with E-state index in [1.54, 1.807) is 12.1 Å². The molecule has 1 unspecified atom stereocenters. The van der Waals surface area contributed by atoms with Crippen LogP contribution in [-0.4, -0.2) is 0 Å². The highest BCUT2D eigenvalue weighted by Crippen LogP contribution is 2.36. The lowest BCUT2D eigenvalue weighted by Gasteiger charge is -2.15. The molecule has 1 aromatic heterocycles. The molecule has 2 aromatic rings. The van der Waals surface area contributed by atoms with E-state index in [0.717, 1.165) is 10.9 Å². The maximum atomic E-state index is 12.8. The van der Waals surface area contributed by atoms with Crippen molar-refractivity contribution in [2.24, 2.45) is 5.73 Å². The summed E-state index contributed by atoms with van der Waals surface area (Å²) in [6.45, 7) is 0. The normalized spacial score (nSPS) is 13.5. The fourth-order valence-electron chi connectivity index (χ4n) is 1.79. The average Bonchev–Trinajstić information content (AvgIpc) is 2.73. The molecule has 2 N–H and O–H groups in total. The summed E-state index contributed by atoms with van der Waals surface area (Å²) in [6.07, 6.45) is -3.95. The molecule has 2 rings (SSSR count). The molecule has 7 heteroatoms. The molecule has 0 saturated heterocycles. The quantitative estimate of drug-likeness (QED) is 0.751. The molecule has 0 amide bonds. The van der Waals surface area contributed by atoms with Gasteiger partial charge in [0.1, 0.15) is 0 Å². The summed E-state index contributed by atoms with van der Waals surface area (Å²) in [7, 11) is 0. The van der Waals surface area contributed by atoms with E-state index in [4.69, 9.17) is 17.3 Å². The molecular formula is C13H10BrClF3NS. The van der Waals surface area contributed by atoms with Crippen LogP contribution in [0.1, 0.15) is 22.0 Å². The fourth-order valence-corrected chi connectivity index (χ4v) is 3.40. The van der Waals surface area contributed by atoms with Crippen molar-refractivity contribution in [2.75, 3.05) is 0 Å². The molecule has 1 heterocycles. The zero-order valence-electron chi connectivity index (χ0n) is 10.0. The van der Waals surface area contributed by atoms with Crippen LogP contribution >= 0.6 is 38.9 Å². The van der Waals surface area contributed by atoms with Crippen LogP contribution in [-0.2, 0) is 12.6 Å². The number of thiophene rings is 1. The van der Waals surface area contributed by atoms with Crippen LogP contribution < -0.4 is 5.73 Å². The van der Waals surface area contributed by atoms with Crippen LogP contribution in [0.25, 0.3) is 0 Å². The molecule has 0 fully saturated rings. The van der Waals surface area contributed by atoms with E-state index in [1.165, 1.54) is 17.4 Å². The second kappa shape index (κ2) is 6.05. The van der Waals surface area contributed by atoms with E-state index in [0.29, 0.717) is 16.3 Å². The molecule has 1 aromatic carbocycles. The Morgan fingerprint density at radius 3 is 2.50 bits per heavy atom. The predicted molar refractivity (Wildman–Crippen MR) is 79.1 cm³/mol. The highest BCUT2D eigenvalue weighted by molar-refractivity contribution is 9.10. The number of alkyl halides is 3. The van der Waals surface area contributed by atoms with E-state index in [1.807, 2.05) is 6.07 Å². The third kappa shape index (κ3) is 3.75. The molecular weight excluding hydrogens is 375 g/mol. The lowest BCUT2D eigenvalue weighted by Crippen LogP contribution is -2.15. The Kier molecular flexibility index (Phi) is 4.79. The third-order valence-electron chi connectivity index (χ3n) is 2.77. The zero-order chi connectivity index (χ0) is 14.9. The van der Waals surface area contributed by atoms with Crippen molar-refractivity contribution < 1.29 is 13.2 Å². The number of nitrogens with two attached hydrogens (primary N) is 1. The van der Waals surface area contributed by atoms with Gasteiger partial charge >= 0.3 is 6.18 Å². The van der Waals surface area contributed by atoms with Gasteiger partial charge in [-0.2, -0.15) is 13.2 Å². The van der Waals surface area contributed by atoms with Crippen molar-refractivity contribution in [3.05, 3.63) is 55.1 Å². The summed E-state index contributed by atoms with van der Waals surface area (Å²) in [5.74, 6) is 0. The minimum Gasteiger partial charge on any atom is -0.324 e. The van der Waals surface area contributed by atoms with Crippen molar-refractivity contribution in [2.45, 2.75) is 18.6 Å². The standard InChI is InChI=1S/C13H10BrClF3NS/c14-10-3-1-7(5-9(10)13(16,17)18)11(19)6-8-2-4-12(15)20-8/h1-5,11H,6,19H2. The smallest absolute Gasteiger partial charge is 0.324 e. The van der Waals surface area contributed by atoms with Crippen LogP contribution in [0.4, 0.5) is 13.2 Å². The second-order valence-electron chi connectivity index (χ2n) is 4.25. The number of rotatable bonds is 3. The highest BCUT2D eigenvalue weighted by atomic mass is 79.9. The maximum Gasteiger partial charge on any atom is 0.417 e. The fraction of sp³-hybridized carbons (Fsp3) is 0.231. The molecule has 0 radical (unpaired) electrons. The van der Waals surface area contributed by atoms with Crippen LogP contribution in [0.2, 0.25) is 4.34 Å². The first-order valence-electron chi connectivity index (χ1n) is 5.64. The first-order chi connectivity index (χ1) is 9.27. The van der Waals surface area contributed by atoms with Crippen LogP contribution in [0.5, 0.6) is 0 Å². The van der Waals surface area contributed by atoms with E-state index < -0.39 is 17.8 Å². The lowest BCUT2D eigenvalue weighted by molar-refractivity contribution is -0.138. The van der Waals surface area contributed by atoms with Gasteiger partial charge in [-0.1, -0.05) is 33.6 Å². The summed E-state index contributed by atoms with van der Waals surface area (Å²) >= 11 is 10.1. The molecule has 0 saturated carbocycles. The monoisotopic (exact) mass is 383 g/mol. The van der Waals surface area contributed by atoms with E-state index >= 15 is 0 Å². The van der Waals surface area contributed by atoms with E-state index in [9.17, 15) is 13.2 Å². The first kappa shape index (κ1) is 15.8. The SMILES string of the molecule is NC(Cc1ccc(Cl)s1)c1ccc(Br)c(C(F)(F)F)c1. The topological polar surface area (TPSA) is 26.0 Å². The van der Waals surface area contributed by atoms with Gasteiger partial charge in [0, 0.05) is 21.8 Å². The molecule has 1 atom stereocenters. The van der Waals surface area contributed by atoms with Gasteiger partial charge in [-0.25, -0.2) is 0 Å². The largest absolute Gasteiger partial charge is 0.417 e. The van der Waals surface area contributed by atoms with Crippen molar-refractivity contribution >= 4 is 38.9 Å². The van der Waals surface area contributed by atoms with Crippen LogP contribution in [0.15, 0.2) is 34.8 Å². The number of benzene rings is 1. The van der Waals surface area contributed by atoms with Crippen LogP contribution in [0, 0.1) is 0 Å². The summed E-state index contributed by atoms with van der Waals surface area (Å²) in [5.41, 5.74) is 5.72. The first-order valence-corrected chi connectivity index (χ1v) is 7.62. The summed E-state index contributed by atoms with van der Waals surface area (Å²) in [4.78, 5) is 0.943. The highest BCUT2D eigenvalue weighted by Gasteiger charge is 2.33. The van der Waals surface area contributed by atoms with Crippen molar-refractivity contribution in [1.29, 1.82) is 0 Å². The van der Waals surface area contributed by atoms with Crippen LogP contribution in [0.3, 0.4) is 0 Å². The van der Waals surface area contributed by atoms with Crippen molar-refractivity contribution in [3.63, 3.8) is 0 Å². The van der Waals surface area contributed by atoms with Gasteiger partial charge < -0.3 is 5.73 Å². The minimum absolute atomic E-state index is 0.0140. The number of hydrogen-bond donors (Lipinski definition) is 1. The Morgan fingerprint density at radius 1 is 1.25 bits per heavy atom. The Bertz CT molecular complexity index is 612. The Labute approximate surface area is 131 Å². The molecule has 0 aliphatic heterocycles. The van der Waals surface area contributed by atoms with Crippen molar-refractivity contribution in [1.82, 2.24) is 0 Å². The predicted octanol–water partition coefficient (Wildman–Crippen LogP) is 5.43. The van der Waals surface area contributed by atoms with E-state index in [2.05, 4.69) is 15.9 Å². The molecule has 20 heavy (non-hydrogen) atoms. The van der Waals surface area contributed by atoms with Gasteiger partial charge in [0.25, 0.3) is 0 Å². The van der Waals surface area contributed by atoms with E-state index in [-0.39, 0.29) is 4.47 Å². The molecule has 108 valence electrons. The second-order valence-corrected chi connectivity index (χ2v) is 6.91. The van der Waals surface area contributed by atoms with Gasteiger partial charge in [-0.3, -0.25) is 0 Å². The Hall–Kier alpha value is -0.560. The molecule has 0 bridgehead atoms. The lowest BCUT2D eigenvalue weighted by atomic mass is 10.0. The molecule has 0 spiro atoms. The third-order valence-corrected chi connectivity index (χ3v) is 4.72. The Morgan fingerprint density at radius 2 is 1.95 bits per heavy atom. The van der Waals surface area contributed by atoms with Gasteiger partial charge in [-0.15, -0.1) is 11.3 Å². The van der Waals surface area contributed by atoms with Gasteiger partial charge in [0.2, 0.25) is 0 Å². The zero-order valence-corrected chi connectivity index (χ0v) is 13.2. The minimum atomic E-state index is -4.40. The van der Waals surface area contributed by atoms with Gasteiger partial charge in [0.05, 0.1) is 9.90 Å². The summed E-state index contributed by atoms with van der Waals surface area (Å²) < 4.78 is 39.2. The van der Waals surface area contributed by atoms with Gasteiger partial charge in [-0.05, 0) is 29.8 Å². The maximum absolute atomic E-state index is 12.8. The average molecular weight is 385 g/mol. The molecule has 1 nitrogen and oxygen atoms in total. The Balaban J connectivity index is 2.24. The number of hydrogen-bond acceptors (Lipinski definition) is 2. The summed E-state index contributed by atoms with van der Waals surface area (Å²) in [5, 5.41) is 0. The molecule has 0 aliphatic carbocycles. The van der Waals surface area contributed by atoms with Gasteiger partial charge in [0.15, 0.2) is 0 Å². The number of halogens is 5. The van der Waals surface area contributed by atoms with Crippen molar-refractivity contribution in [3.8, 4) is 0 Å². The molecule has 0 aliphatic rings.